The molecule has 1 heterocycles. The Morgan fingerprint density at radius 2 is 1.65 bits per heavy atom. The molecule has 1 aromatic heterocycles. The molecule has 0 saturated heterocycles. The van der Waals surface area contributed by atoms with Crippen LogP contribution in [-0.2, 0) is 14.1 Å². The van der Waals surface area contributed by atoms with Crippen molar-refractivity contribution in [1.29, 1.82) is 0 Å². The molecule has 2 N–H and O–H groups in total. The van der Waals surface area contributed by atoms with Gasteiger partial charge in [-0.15, -0.1) is 4.68 Å². The second-order valence-corrected chi connectivity index (χ2v) is 6.41. The van der Waals surface area contributed by atoms with Crippen molar-refractivity contribution < 1.29 is 32.2 Å². The summed E-state index contributed by atoms with van der Waals surface area (Å²) in [5.74, 6) is 0.827. The van der Waals surface area contributed by atoms with Crippen molar-refractivity contribution in [2.45, 2.75) is 17.0 Å². The smallest absolute Gasteiger partial charge is 0.504 e. The van der Waals surface area contributed by atoms with Crippen molar-refractivity contribution in [3.63, 3.8) is 0 Å². The van der Waals surface area contributed by atoms with Gasteiger partial charge in [-0.25, -0.2) is 4.57 Å². The maximum Gasteiger partial charge on any atom is 0.673 e. The number of rotatable bonds is 2. The molecule has 0 radical (unpaired) electrons. The molecule has 0 saturated carbocycles. The highest BCUT2D eigenvalue weighted by molar-refractivity contribution is 7.99. The second kappa shape index (κ2) is 7.44. The molecule has 0 unspecified atom stereocenters. The predicted octanol–water partition coefficient (Wildman–Crippen LogP) is 3.57. The average Bonchev–Trinajstić information content (AvgIpc) is 2.78. The Labute approximate surface area is 151 Å². The quantitative estimate of drug-likeness (QED) is 0.305. The lowest BCUT2D eigenvalue weighted by Gasteiger charge is -2.08. The van der Waals surface area contributed by atoms with E-state index in [2.05, 4.69) is 5.10 Å². The highest BCUT2D eigenvalue weighted by Gasteiger charge is 2.21. The molecule has 3 aromatic rings. The molecule has 11 heteroatoms. The van der Waals surface area contributed by atoms with Gasteiger partial charge in [0.2, 0.25) is 0 Å². The lowest BCUT2D eigenvalue weighted by Crippen LogP contribution is -2.33. The van der Waals surface area contributed by atoms with Crippen LogP contribution in [0.15, 0.2) is 40.4 Å². The summed E-state index contributed by atoms with van der Waals surface area (Å²) in [7, 11) is -2.15. The van der Waals surface area contributed by atoms with Gasteiger partial charge >= 0.3 is 7.25 Å². The van der Waals surface area contributed by atoms with Crippen LogP contribution in [0.25, 0.3) is 10.8 Å². The average molecular weight is 389 g/mol. The summed E-state index contributed by atoms with van der Waals surface area (Å²) in [6.07, 6.45) is 0. The fourth-order valence-electron chi connectivity index (χ4n) is 2.21. The number of fused-ring (bicyclic) bond motifs is 1. The number of aromatic hydroxyl groups is 2. The number of aromatic nitrogens is 3. The first-order chi connectivity index (χ1) is 12.0. The van der Waals surface area contributed by atoms with Crippen LogP contribution in [0.2, 0.25) is 0 Å². The summed E-state index contributed by atoms with van der Waals surface area (Å²) < 4.78 is 42.8. The van der Waals surface area contributed by atoms with Gasteiger partial charge in [0, 0.05) is 17.2 Å². The van der Waals surface area contributed by atoms with Gasteiger partial charge in [0.1, 0.15) is 7.05 Å². The van der Waals surface area contributed by atoms with E-state index in [-0.39, 0.29) is 11.5 Å². The van der Waals surface area contributed by atoms with E-state index in [0.29, 0.717) is 5.39 Å². The zero-order valence-electron chi connectivity index (χ0n) is 14.1. The molecule has 26 heavy (non-hydrogen) atoms. The van der Waals surface area contributed by atoms with Gasteiger partial charge in [0.05, 0.1) is 7.05 Å². The van der Waals surface area contributed by atoms with Crippen LogP contribution in [-0.4, -0.2) is 27.1 Å². The maximum absolute atomic E-state index is 9.97. The molecule has 0 fully saturated rings. The van der Waals surface area contributed by atoms with Gasteiger partial charge in [-0.3, -0.25) is 0 Å². The molecule has 0 spiro atoms. The highest BCUT2D eigenvalue weighted by Crippen LogP contribution is 2.41. The molecule has 0 aliphatic rings. The number of hydrogen-bond acceptors (Lipinski definition) is 4. The number of aryl methyl sites for hydroxylation is 1. The zero-order chi connectivity index (χ0) is 19.6. The number of halogens is 4. The molecule has 0 atom stereocenters. The van der Waals surface area contributed by atoms with Gasteiger partial charge < -0.3 is 27.5 Å². The fraction of sp³-hybridized carbons (Fsp3) is 0.200. The standard InChI is InChI=1S/C15H15N3O2S.BF4/c1-9-17(2)15(16-18(9)3)21-13-8-12(19)14(20)11-7-5-4-6-10(11)13;2-1(3,4)5/h4-8H,1-3H3,(H-,19,20);/q;-1/p+1. The molecule has 2 aromatic carbocycles. The van der Waals surface area contributed by atoms with Crippen LogP contribution in [0.5, 0.6) is 11.5 Å². The second-order valence-electron chi connectivity index (χ2n) is 5.40. The third-order valence-corrected chi connectivity index (χ3v) is 4.73. The van der Waals surface area contributed by atoms with Crippen LogP contribution >= 0.6 is 11.8 Å². The van der Waals surface area contributed by atoms with Gasteiger partial charge in [-0.1, -0.05) is 24.3 Å². The zero-order valence-corrected chi connectivity index (χ0v) is 14.9. The van der Waals surface area contributed by atoms with Crippen molar-refractivity contribution in [3.8, 4) is 11.5 Å². The Balaban J connectivity index is 0.000000431. The van der Waals surface area contributed by atoms with Crippen molar-refractivity contribution >= 4 is 29.8 Å². The van der Waals surface area contributed by atoms with Gasteiger partial charge in [0.25, 0.3) is 11.0 Å². The van der Waals surface area contributed by atoms with E-state index in [1.165, 1.54) is 11.8 Å². The van der Waals surface area contributed by atoms with E-state index >= 15 is 0 Å². The molecular formula is C15H16BF4N3O2S. The lowest BCUT2D eigenvalue weighted by atomic mass is 10.1. The van der Waals surface area contributed by atoms with E-state index < -0.39 is 7.25 Å². The van der Waals surface area contributed by atoms with Crippen LogP contribution in [0.4, 0.5) is 17.3 Å². The summed E-state index contributed by atoms with van der Waals surface area (Å²) in [5, 5.41) is 26.7. The van der Waals surface area contributed by atoms with E-state index in [0.717, 1.165) is 21.3 Å². The minimum atomic E-state index is -6.00. The van der Waals surface area contributed by atoms with Crippen molar-refractivity contribution in [3.05, 3.63) is 36.2 Å². The molecule has 0 aliphatic carbocycles. The van der Waals surface area contributed by atoms with Crippen LogP contribution < -0.4 is 4.68 Å². The summed E-state index contributed by atoms with van der Waals surface area (Å²) in [6, 6.07) is 9.03. The number of benzene rings is 2. The minimum absolute atomic E-state index is 0.0865. The Morgan fingerprint density at radius 1 is 1.12 bits per heavy atom. The maximum atomic E-state index is 9.97. The number of nitrogens with zero attached hydrogens (tertiary/aromatic N) is 3. The van der Waals surface area contributed by atoms with E-state index in [1.54, 1.807) is 12.1 Å². The third-order valence-electron chi connectivity index (χ3n) is 3.64. The lowest BCUT2D eigenvalue weighted by molar-refractivity contribution is -0.736. The largest absolute Gasteiger partial charge is 0.673 e. The number of phenolic OH excluding ortho intramolecular Hbond substituents is 2. The topological polar surface area (TPSA) is 62.2 Å². The molecular weight excluding hydrogens is 373 g/mol. The summed E-state index contributed by atoms with van der Waals surface area (Å²) >= 11 is 1.46. The fourth-order valence-corrected chi connectivity index (χ4v) is 3.30. The number of hydrogen-bond donors (Lipinski definition) is 2. The summed E-state index contributed by atoms with van der Waals surface area (Å²) in [6.45, 7) is 1.99. The van der Waals surface area contributed by atoms with Crippen molar-refractivity contribution in [2.75, 3.05) is 0 Å². The predicted molar refractivity (Wildman–Crippen MR) is 90.7 cm³/mol. The van der Waals surface area contributed by atoms with Crippen LogP contribution in [0, 0.1) is 6.92 Å². The molecule has 0 bridgehead atoms. The van der Waals surface area contributed by atoms with Crippen molar-refractivity contribution in [2.24, 2.45) is 14.1 Å². The first kappa shape index (κ1) is 19.9. The van der Waals surface area contributed by atoms with Crippen molar-refractivity contribution in [1.82, 2.24) is 9.67 Å². The molecule has 5 nitrogen and oxygen atoms in total. The molecule has 0 amide bonds. The SMILES string of the molecule is Cc1n(C)c(Sc2cc(O)c(O)c3ccccc23)n[n+]1C.F[B-](F)(F)F. The van der Waals surface area contributed by atoms with Gasteiger partial charge in [-0.2, -0.15) is 0 Å². The monoisotopic (exact) mass is 389 g/mol. The van der Waals surface area contributed by atoms with Crippen LogP contribution in [0.1, 0.15) is 5.82 Å². The van der Waals surface area contributed by atoms with E-state index in [4.69, 9.17) is 0 Å². The third kappa shape index (κ3) is 4.60. The Morgan fingerprint density at radius 3 is 2.15 bits per heavy atom. The summed E-state index contributed by atoms with van der Waals surface area (Å²) in [4.78, 5) is 0.856. The molecule has 3 rings (SSSR count). The van der Waals surface area contributed by atoms with Gasteiger partial charge in [-0.05, 0) is 28.3 Å². The van der Waals surface area contributed by atoms with E-state index in [9.17, 15) is 27.5 Å². The first-order valence-corrected chi connectivity index (χ1v) is 8.19. The Hall–Kier alpha value is -2.43. The molecule has 0 aliphatic heterocycles. The molecule has 140 valence electrons. The normalized spacial score (nSPS) is 11.3. The minimum Gasteiger partial charge on any atom is -0.504 e. The first-order valence-electron chi connectivity index (χ1n) is 7.37. The Bertz CT molecular complexity index is 941. The van der Waals surface area contributed by atoms with Crippen LogP contribution in [0.3, 0.4) is 0 Å². The number of phenols is 2. The van der Waals surface area contributed by atoms with Gasteiger partial charge in [0.15, 0.2) is 11.5 Å². The Kier molecular flexibility index (Phi) is 5.69. The summed E-state index contributed by atoms with van der Waals surface area (Å²) in [5.41, 5.74) is 0. The van der Waals surface area contributed by atoms with E-state index in [1.807, 2.05) is 48.5 Å². The highest BCUT2D eigenvalue weighted by atomic mass is 32.2.